The fourth-order valence-electron chi connectivity index (χ4n) is 4.33. The first-order valence-corrected chi connectivity index (χ1v) is 10.1. The van der Waals surface area contributed by atoms with Crippen LogP contribution >= 0.6 is 0 Å². The van der Waals surface area contributed by atoms with E-state index in [1.807, 2.05) is 12.1 Å². The minimum absolute atomic E-state index is 0.188. The molecule has 1 saturated heterocycles. The average molecular weight is 391 g/mol. The van der Waals surface area contributed by atoms with E-state index in [9.17, 15) is 14.4 Å². The molecule has 2 heterocycles. The van der Waals surface area contributed by atoms with Crippen molar-refractivity contribution in [3.63, 3.8) is 0 Å². The van der Waals surface area contributed by atoms with E-state index in [-0.39, 0.29) is 24.1 Å². The van der Waals surface area contributed by atoms with Crippen molar-refractivity contribution in [2.45, 2.75) is 25.2 Å². The number of nitrogens with zero attached hydrogens (tertiary/aromatic N) is 2. The molecule has 2 aromatic rings. The molecule has 3 amide bonds. The topological polar surface area (TPSA) is 83.7 Å². The number of amides is 3. The lowest BCUT2D eigenvalue weighted by molar-refractivity contribution is -0.117. The molecule has 29 heavy (non-hydrogen) atoms. The van der Waals surface area contributed by atoms with Crippen LogP contribution in [-0.2, 0) is 11.2 Å². The summed E-state index contributed by atoms with van der Waals surface area (Å²) in [4.78, 5) is 39.8. The number of primary amides is 1. The Balaban J connectivity index is 1.30. The summed E-state index contributed by atoms with van der Waals surface area (Å²) < 4.78 is 0. The number of imide groups is 1. The molecule has 150 valence electrons. The first kappa shape index (κ1) is 19.3. The van der Waals surface area contributed by atoms with Gasteiger partial charge in [0.2, 0.25) is 5.91 Å². The Morgan fingerprint density at radius 3 is 2.21 bits per heavy atom. The second-order valence-corrected chi connectivity index (χ2v) is 7.81. The number of piperidine rings is 1. The van der Waals surface area contributed by atoms with Crippen LogP contribution in [0.4, 0.5) is 0 Å². The van der Waals surface area contributed by atoms with Crippen molar-refractivity contribution < 1.29 is 14.4 Å². The van der Waals surface area contributed by atoms with Gasteiger partial charge in [-0.15, -0.1) is 0 Å². The van der Waals surface area contributed by atoms with Gasteiger partial charge in [-0.25, -0.2) is 0 Å². The summed E-state index contributed by atoms with van der Waals surface area (Å²) in [5, 5.41) is 0. The summed E-state index contributed by atoms with van der Waals surface area (Å²) in [5.74, 6) is -0.234. The van der Waals surface area contributed by atoms with Gasteiger partial charge in [0, 0.05) is 13.1 Å². The Bertz CT molecular complexity index is 913. The second kappa shape index (κ2) is 8.17. The van der Waals surface area contributed by atoms with Crippen molar-refractivity contribution in [2.75, 3.05) is 26.2 Å². The van der Waals surface area contributed by atoms with Crippen LogP contribution in [0.5, 0.6) is 0 Å². The van der Waals surface area contributed by atoms with E-state index in [0.717, 1.165) is 31.5 Å². The molecule has 2 aliphatic rings. The molecule has 2 aliphatic heterocycles. The first-order chi connectivity index (χ1) is 14.0. The van der Waals surface area contributed by atoms with E-state index in [1.165, 1.54) is 10.5 Å². The zero-order chi connectivity index (χ0) is 20.4. The minimum atomic E-state index is -0.315. The second-order valence-electron chi connectivity index (χ2n) is 7.81. The third kappa shape index (κ3) is 4.07. The highest BCUT2D eigenvalue weighted by Crippen LogP contribution is 2.29. The minimum Gasteiger partial charge on any atom is -0.369 e. The first-order valence-electron chi connectivity index (χ1n) is 10.1. The fraction of sp³-hybridized carbons (Fsp3) is 0.348. The van der Waals surface area contributed by atoms with Gasteiger partial charge in [0.05, 0.1) is 17.5 Å². The van der Waals surface area contributed by atoms with E-state index in [4.69, 9.17) is 5.73 Å². The van der Waals surface area contributed by atoms with Gasteiger partial charge in [0.1, 0.15) is 0 Å². The number of carbonyl (C=O) groups is 3. The van der Waals surface area contributed by atoms with Gasteiger partial charge in [0.25, 0.3) is 11.8 Å². The number of benzene rings is 2. The van der Waals surface area contributed by atoms with Crippen molar-refractivity contribution in [1.29, 1.82) is 0 Å². The van der Waals surface area contributed by atoms with E-state index < -0.39 is 0 Å². The van der Waals surface area contributed by atoms with Gasteiger partial charge in [0.15, 0.2) is 0 Å². The summed E-state index contributed by atoms with van der Waals surface area (Å²) in [6.45, 7) is 2.97. The lowest BCUT2D eigenvalue weighted by Crippen LogP contribution is -2.41. The maximum absolute atomic E-state index is 12.5. The molecule has 0 bridgehead atoms. The number of hydrogen-bond donors (Lipinski definition) is 1. The quantitative estimate of drug-likeness (QED) is 0.765. The van der Waals surface area contributed by atoms with Crippen molar-refractivity contribution in [2.24, 2.45) is 5.73 Å². The molecule has 0 aromatic heterocycles. The van der Waals surface area contributed by atoms with Gasteiger partial charge in [-0.2, -0.15) is 0 Å². The maximum Gasteiger partial charge on any atom is 0.261 e. The van der Waals surface area contributed by atoms with Crippen LogP contribution in [0.15, 0.2) is 48.5 Å². The van der Waals surface area contributed by atoms with Gasteiger partial charge in [-0.1, -0.05) is 36.4 Å². The summed E-state index contributed by atoms with van der Waals surface area (Å²) in [7, 11) is 0. The normalized spacial score (nSPS) is 17.6. The molecule has 0 unspecified atom stereocenters. The van der Waals surface area contributed by atoms with Crippen LogP contribution in [0.2, 0.25) is 0 Å². The third-order valence-electron chi connectivity index (χ3n) is 5.91. The number of nitrogens with two attached hydrogens (primary N) is 1. The van der Waals surface area contributed by atoms with Crippen molar-refractivity contribution in [3.8, 4) is 0 Å². The van der Waals surface area contributed by atoms with Crippen molar-refractivity contribution in [3.05, 3.63) is 70.8 Å². The summed E-state index contributed by atoms with van der Waals surface area (Å²) in [6, 6.07) is 15.1. The lowest BCUT2D eigenvalue weighted by Gasteiger charge is -2.33. The Hall–Kier alpha value is -2.99. The van der Waals surface area contributed by atoms with Crippen molar-refractivity contribution >= 4 is 17.7 Å². The largest absolute Gasteiger partial charge is 0.369 e. The van der Waals surface area contributed by atoms with E-state index in [2.05, 4.69) is 17.0 Å². The molecule has 0 spiro atoms. The molecule has 4 rings (SSSR count). The van der Waals surface area contributed by atoms with Gasteiger partial charge >= 0.3 is 0 Å². The molecule has 1 fully saturated rings. The van der Waals surface area contributed by atoms with Gasteiger partial charge in [-0.3, -0.25) is 19.3 Å². The molecule has 0 aliphatic carbocycles. The predicted molar refractivity (Wildman–Crippen MR) is 110 cm³/mol. The van der Waals surface area contributed by atoms with Gasteiger partial charge < -0.3 is 10.6 Å². The number of carbonyl (C=O) groups excluding carboxylic acids is 3. The highest BCUT2D eigenvalue weighted by molar-refractivity contribution is 6.21. The average Bonchev–Trinajstić information content (AvgIpc) is 2.97. The molecule has 6 heteroatoms. The number of fused-ring (bicyclic) bond motifs is 1. The highest BCUT2D eigenvalue weighted by atomic mass is 16.2. The summed E-state index contributed by atoms with van der Waals surface area (Å²) >= 11 is 0. The monoisotopic (exact) mass is 391 g/mol. The van der Waals surface area contributed by atoms with Crippen LogP contribution in [-0.4, -0.2) is 53.7 Å². The zero-order valence-corrected chi connectivity index (χ0v) is 16.3. The van der Waals surface area contributed by atoms with Crippen LogP contribution in [0.25, 0.3) is 0 Å². The molecule has 2 aromatic carbocycles. The number of hydrogen-bond acceptors (Lipinski definition) is 4. The smallest absolute Gasteiger partial charge is 0.261 e. The maximum atomic E-state index is 12.5. The Morgan fingerprint density at radius 1 is 0.931 bits per heavy atom. The summed E-state index contributed by atoms with van der Waals surface area (Å²) in [5.41, 5.74) is 8.53. The van der Waals surface area contributed by atoms with E-state index >= 15 is 0 Å². The molecular formula is C23H25N3O3. The Labute approximate surface area is 170 Å². The molecule has 0 atom stereocenters. The highest BCUT2D eigenvalue weighted by Gasteiger charge is 2.35. The Kier molecular flexibility index (Phi) is 5.45. The summed E-state index contributed by atoms with van der Waals surface area (Å²) in [6.07, 6.45) is 2.30. The van der Waals surface area contributed by atoms with Crippen LogP contribution in [0.1, 0.15) is 50.6 Å². The van der Waals surface area contributed by atoms with E-state index in [0.29, 0.717) is 30.1 Å². The van der Waals surface area contributed by atoms with Crippen LogP contribution in [0, 0.1) is 0 Å². The molecule has 6 nitrogen and oxygen atoms in total. The lowest BCUT2D eigenvalue weighted by atomic mass is 9.88. The molecular weight excluding hydrogens is 366 g/mol. The molecule has 0 saturated carbocycles. The third-order valence-corrected chi connectivity index (χ3v) is 5.91. The molecule has 0 radical (unpaired) electrons. The number of likely N-dealkylation sites (tertiary alicyclic amines) is 1. The Morgan fingerprint density at radius 2 is 1.59 bits per heavy atom. The van der Waals surface area contributed by atoms with Crippen LogP contribution in [0.3, 0.4) is 0 Å². The number of rotatable bonds is 6. The predicted octanol–water partition coefficient (Wildman–Crippen LogP) is 2.19. The standard InChI is InChI=1S/C23H25N3O3/c24-21(27)15-16-4-3-5-18(14-16)17-8-10-25(11-9-17)12-13-26-22(28)19-6-1-2-7-20(19)23(26)29/h1-7,14,17H,8-13,15H2,(H2,24,27). The molecule has 2 N–H and O–H groups in total. The van der Waals surface area contributed by atoms with Gasteiger partial charge in [-0.05, 0) is 55.1 Å². The van der Waals surface area contributed by atoms with E-state index in [1.54, 1.807) is 24.3 Å². The van der Waals surface area contributed by atoms with Crippen molar-refractivity contribution in [1.82, 2.24) is 9.80 Å². The SMILES string of the molecule is NC(=O)Cc1cccc(C2CCN(CCN3C(=O)c4ccccc4C3=O)CC2)c1. The fourth-order valence-corrected chi connectivity index (χ4v) is 4.33. The van der Waals surface area contributed by atoms with Crippen LogP contribution < -0.4 is 5.73 Å². The zero-order valence-electron chi connectivity index (χ0n) is 16.3.